The summed E-state index contributed by atoms with van der Waals surface area (Å²) in [4.78, 5) is 0. The number of thiocarbonyl (C=S) groups is 1. The summed E-state index contributed by atoms with van der Waals surface area (Å²) in [5.74, 6) is 0. The molecule has 1 aliphatic heterocycles. The summed E-state index contributed by atoms with van der Waals surface area (Å²) in [6.07, 6.45) is 2.62. The van der Waals surface area contributed by atoms with Crippen molar-refractivity contribution < 1.29 is 4.74 Å². The molecule has 3 nitrogen and oxygen atoms in total. The molecule has 2 N–H and O–H groups in total. The zero-order valence-electron chi connectivity index (χ0n) is 10.7. The molecule has 0 bridgehead atoms. The summed E-state index contributed by atoms with van der Waals surface area (Å²) in [5, 5.41) is 7.11. The zero-order valence-corrected chi connectivity index (χ0v) is 11.6. The number of nitrogens with one attached hydrogen (secondary N) is 2. The Morgan fingerprint density at radius 3 is 2.78 bits per heavy atom. The van der Waals surface area contributed by atoms with Gasteiger partial charge in [0, 0.05) is 19.7 Å². The Kier molecular flexibility index (Phi) is 4.96. The lowest BCUT2D eigenvalue weighted by Crippen LogP contribution is -2.39. The van der Waals surface area contributed by atoms with Gasteiger partial charge in [-0.1, -0.05) is 29.8 Å². The van der Waals surface area contributed by atoms with Gasteiger partial charge in [-0.15, -0.1) is 0 Å². The first-order valence-corrected chi connectivity index (χ1v) is 6.84. The van der Waals surface area contributed by atoms with Crippen LogP contribution in [0.2, 0.25) is 0 Å². The minimum absolute atomic E-state index is 0.323. The Balaban J connectivity index is 1.66. The molecule has 0 aliphatic carbocycles. The van der Waals surface area contributed by atoms with Gasteiger partial charge in [0.15, 0.2) is 5.11 Å². The van der Waals surface area contributed by atoms with Crippen LogP contribution in [0.15, 0.2) is 24.3 Å². The average molecular weight is 264 g/mol. The van der Waals surface area contributed by atoms with Gasteiger partial charge in [0.1, 0.15) is 0 Å². The quantitative estimate of drug-likeness (QED) is 0.816. The first-order chi connectivity index (χ1) is 8.74. The van der Waals surface area contributed by atoms with E-state index in [1.54, 1.807) is 0 Å². The lowest BCUT2D eigenvalue weighted by Gasteiger charge is -2.14. The van der Waals surface area contributed by atoms with Crippen molar-refractivity contribution in [2.24, 2.45) is 0 Å². The number of hydrogen-bond donors (Lipinski definition) is 2. The highest BCUT2D eigenvalue weighted by Gasteiger charge is 2.14. The van der Waals surface area contributed by atoms with Gasteiger partial charge in [-0.25, -0.2) is 0 Å². The van der Waals surface area contributed by atoms with E-state index >= 15 is 0 Å². The van der Waals surface area contributed by atoms with E-state index in [0.29, 0.717) is 11.2 Å². The molecule has 1 aromatic rings. The molecule has 1 aromatic carbocycles. The molecule has 0 spiro atoms. The van der Waals surface area contributed by atoms with Crippen LogP contribution in [-0.2, 0) is 11.3 Å². The Morgan fingerprint density at radius 1 is 1.33 bits per heavy atom. The normalized spacial score (nSPS) is 18.6. The molecular weight excluding hydrogens is 244 g/mol. The molecule has 1 saturated heterocycles. The fourth-order valence-electron chi connectivity index (χ4n) is 1.96. The van der Waals surface area contributed by atoms with Crippen molar-refractivity contribution in [2.75, 3.05) is 13.2 Å². The van der Waals surface area contributed by atoms with Crippen LogP contribution in [0.25, 0.3) is 0 Å². The third-order valence-corrected chi connectivity index (χ3v) is 3.38. The summed E-state index contributed by atoms with van der Waals surface area (Å²) < 4.78 is 5.53. The summed E-state index contributed by atoms with van der Waals surface area (Å²) in [7, 11) is 0. The topological polar surface area (TPSA) is 33.3 Å². The van der Waals surface area contributed by atoms with Gasteiger partial charge < -0.3 is 15.4 Å². The van der Waals surface area contributed by atoms with E-state index < -0.39 is 0 Å². The van der Waals surface area contributed by atoms with Gasteiger partial charge in [-0.2, -0.15) is 0 Å². The van der Waals surface area contributed by atoms with E-state index in [1.165, 1.54) is 11.1 Å². The SMILES string of the molecule is Cc1ccc(CNC(=S)NC[C@H]2CCCO2)cc1. The number of ether oxygens (including phenoxy) is 1. The summed E-state index contributed by atoms with van der Waals surface area (Å²) in [5.41, 5.74) is 2.51. The first-order valence-electron chi connectivity index (χ1n) is 6.43. The molecule has 2 rings (SSSR count). The minimum Gasteiger partial charge on any atom is -0.376 e. The molecule has 18 heavy (non-hydrogen) atoms. The van der Waals surface area contributed by atoms with Gasteiger partial charge >= 0.3 is 0 Å². The van der Waals surface area contributed by atoms with Gasteiger partial charge in [-0.05, 0) is 37.5 Å². The van der Waals surface area contributed by atoms with Crippen LogP contribution in [0.3, 0.4) is 0 Å². The monoisotopic (exact) mass is 264 g/mol. The molecule has 0 amide bonds. The molecule has 0 saturated carbocycles. The van der Waals surface area contributed by atoms with E-state index in [-0.39, 0.29) is 0 Å². The largest absolute Gasteiger partial charge is 0.376 e. The van der Waals surface area contributed by atoms with Crippen LogP contribution in [0, 0.1) is 6.92 Å². The van der Waals surface area contributed by atoms with Crippen molar-refractivity contribution in [3.63, 3.8) is 0 Å². The van der Waals surface area contributed by atoms with Crippen LogP contribution in [0.4, 0.5) is 0 Å². The second kappa shape index (κ2) is 6.71. The van der Waals surface area contributed by atoms with E-state index in [4.69, 9.17) is 17.0 Å². The fourth-order valence-corrected chi connectivity index (χ4v) is 2.12. The molecule has 1 aliphatic rings. The van der Waals surface area contributed by atoms with Crippen molar-refractivity contribution in [2.45, 2.75) is 32.4 Å². The summed E-state index contributed by atoms with van der Waals surface area (Å²) in [6, 6.07) is 8.45. The Morgan fingerprint density at radius 2 is 2.11 bits per heavy atom. The summed E-state index contributed by atoms with van der Waals surface area (Å²) >= 11 is 5.24. The second-order valence-corrected chi connectivity index (χ2v) is 5.09. The molecule has 0 radical (unpaired) electrons. The van der Waals surface area contributed by atoms with E-state index in [2.05, 4.69) is 41.8 Å². The number of aryl methyl sites for hydroxylation is 1. The highest BCUT2D eigenvalue weighted by molar-refractivity contribution is 7.80. The van der Waals surface area contributed by atoms with Gasteiger partial charge in [0.25, 0.3) is 0 Å². The molecule has 1 heterocycles. The van der Waals surface area contributed by atoms with Crippen molar-refractivity contribution in [1.82, 2.24) is 10.6 Å². The predicted octanol–water partition coefficient (Wildman–Crippen LogP) is 2.14. The lowest BCUT2D eigenvalue weighted by atomic mass is 10.1. The predicted molar refractivity (Wildman–Crippen MR) is 77.6 cm³/mol. The van der Waals surface area contributed by atoms with Crippen LogP contribution < -0.4 is 10.6 Å². The van der Waals surface area contributed by atoms with E-state index in [1.807, 2.05) is 0 Å². The standard InChI is InChI=1S/C14H20N2OS/c1-11-4-6-12(7-5-11)9-15-14(18)16-10-13-3-2-8-17-13/h4-7,13H,2-3,8-10H2,1H3,(H2,15,16,18)/t13-/m1/s1. The van der Waals surface area contributed by atoms with Crippen molar-refractivity contribution in [1.29, 1.82) is 0 Å². The third kappa shape index (κ3) is 4.27. The highest BCUT2D eigenvalue weighted by atomic mass is 32.1. The third-order valence-electron chi connectivity index (χ3n) is 3.09. The van der Waals surface area contributed by atoms with Gasteiger partial charge in [0.05, 0.1) is 6.10 Å². The Bertz CT molecular complexity index is 385. The maximum atomic E-state index is 5.53. The molecule has 98 valence electrons. The van der Waals surface area contributed by atoms with E-state index in [9.17, 15) is 0 Å². The van der Waals surface area contributed by atoms with Crippen molar-refractivity contribution >= 4 is 17.3 Å². The zero-order chi connectivity index (χ0) is 12.8. The molecular formula is C14H20N2OS. The maximum Gasteiger partial charge on any atom is 0.166 e. The van der Waals surface area contributed by atoms with E-state index in [0.717, 1.165) is 32.5 Å². The number of hydrogen-bond acceptors (Lipinski definition) is 2. The molecule has 0 aromatic heterocycles. The first kappa shape index (κ1) is 13.3. The molecule has 4 heteroatoms. The fraction of sp³-hybridized carbons (Fsp3) is 0.500. The highest BCUT2D eigenvalue weighted by Crippen LogP contribution is 2.10. The molecule has 0 unspecified atom stereocenters. The van der Waals surface area contributed by atoms with Crippen LogP contribution >= 0.6 is 12.2 Å². The molecule has 1 fully saturated rings. The Hall–Kier alpha value is -1.13. The number of benzene rings is 1. The minimum atomic E-state index is 0.323. The Labute approximate surface area is 114 Å². The second-order valence-electron chi connectivity index (χ2n) is 4.68. The van der Waals surface area contributed by atoms with Crippen LogP contribution in [0.5, 0.6) is 0 Å². The maximum absolute atomic E-state index is 5.53. The lowest BCUT2D eigenvalue weighted by molar-refractivity contribution is 0.114. The van der Waals surface area contributed by atoms with Crippen molar-refractivity contribution in [3.05, 3.63) is 35.4 Å². The van der Waals surface area contributed by atoms with Crippen LogP contribution in [0.1, 0.15) is 24.0 Å². The van der Waals surface area contributed by atoms with Crippen LogP contribution in [-0.4, -0.2) is 24.4 Å². The summed E-state index contributed by atoms with van der Waals surface area (Å²) in [6.45, 7) is 4.54. The average Bonchev–Trinajstić information content (AvgIpc) is 2.89. The smallest absolute Gasteiger partial charge is 0.166 e. The van der Waals surface area contributed by atoms with Crippen molar-refractivity contribution in [3.8, 4) is 0 Å². The number of rotatable bonds is 4. The van der Waals surface area contributed by atoms with Gasteiger partial charge in [0.2, 0.25) is 0 Å². The molecule has 1 atom stereocenters. The van der Waals surface area contributed by atoms with Gasteiger partial charge in [-0.3, -0.25) is 0 Å².